The molecule has 0 spiro atoms. The zero-order chi connectivity index (χ0) is 20.6. The summed E-state index contributed by atoms with van der Waals surface area (Å²) in [4.78, 5) is 2.15. The van der Waals surface area contributed by atoms with E-state index in [1.54, 1.807) is 12.1 Å². The summed E-state index contributed by atoms with van der Waals surface area (Å²) in [5.41, 5.74) is 2.68. The van der Waals surface area contributed by atoms with Crippen LogP contribution in [0, 0.1) is 4.78 Å². The third-order valence-corrected chi connectivity index (χ3v) is 9.04. The highest BCUT2D eigenvalue weighted by Crippen LogP contribution is 2.39. The van der Waals surface area contributed by atoms with Crippen molar-refractivity contribution in [1.82, 2.24) is 9.62 Å². The first-order valence-corrected chi connectivity index (χ1v) is 12.8. The Hall–Kier alpha value is -1.38. The van der Waals surface area contributed by atoms with E-state index in [-0.39, 0.29) is 33.7 Å². The Morgan fingerprint density at radius 2 is 1.80 bits per heavy atom. The molecular weight excluding hydrogens is 461 g/mol. The van der Waals surface area contributed by atoms with E-state index in [1.807, 2.05) is 48.9 Å². The van der Waals surface area contributed by atoms with E-state index in [0.717, 1.165) is 42.5 Å². The lowest BCUT2D eigenvalue weighted by Crippen LogP contribution is -2.32. The Morgan fingerprint density at radius 1 is 1.13 bits per heavy atom. The summed E-state index contributed by atoms with van der Waals surface area (Å²) < 4.78 is 37.2. The van der Waals surface area contributed by atoms with Crippen LogP contribution in [0.1, 0.15) is 42.2 Å². The number of benzene rings is 2. The molecule has 0 amide bonds. The van der Waals surface area contributed by atoms with Gasteiger partial charge in [-0.3, -0.25) is 4.78 Å². The maximum absolute atomic E-state index is 12.9. The van der Waals surface area contributed by atoms with E-state index >= 15 is 0 Å². The molecule has 1 heterocycles. The van der Waals surface area contributed by atoms with E-state index in [1.165, 1.54) is 0 Å². The summed E-state index contributed by atoms with van der Waals surface area (Å²) in [5.74, 6) is 0. The maximum atomic E-state index is 12.9. The topological polar surface area (TPSA) is 73.3 Å². The van der Waals surface area contributed by atoms with Gasteiger partial charge in [-0.05, 0) is 36.1 Å². The van der Waals surface area contributed by atoms with Crippen LogP contribution in [0.3, 0.4) is 0 Å². The molecular formula is C21H25Cl2N3O2S2. The molecule has 1 fully saturated rings. The fourth-order valence-corrected chi connectivity index (χ4v) is 7.43. The summed E-state index contributed by atoms with van der Waals surface area (Å²) in [5, 5.41) is 2.03. The van der Waals surface area contributed by atoms with Gasteiger partial charge in [0.1, 0.15) is 10.3 Å². The lowest BCUT2D eigenvalue weighted by molar-refractivity contribution is 0.469. The molecule has 2 atom stereocenters. The fraction of sp³-hybridized carbons (Fsp3) is 0.333. The fourth-order valence-electron chi connectivity index (χ4n) is 4.02. The van der Waals surface area contributed by atoms with Crippen molar-refractivity contribution in [3.63, 3.8) is 0 Å². The number of hydrogen-bond acceptors (Lipinski definition) is 4. The van der Waals surface area contributed by atoms with Crippen LogP contribution in [0.5, 0.6) is 0 Å². The van der Waals surface area contributed by atoms with Crippen LogP contribution in [-0.2, 0) is 20.7 Å². The van der Waals surface area contributed by atoms with Crippen molar-refractivity contribution in [3.05, 3.63) is 70.1 Å². The van der Waals surface area contributed by atoms with Crippen LogP contribution in [-0.4, -0.2) is 26.4 Å². The van der Waals surface area contributed by atoms with E-state index in [9.17, 15) is 8.42 Å². The van der Waals surface area contributed by atoms with Crippen molar-refractivity contribution in [2.75, 3.05) is 7.05 Å². The van der Waals surface area contributed by atoms with Gasteiger partial charge >= 0.3 is 0 Å². The van der Waals surface area contributed by atoms with Crippen LogP contribution >= 0.6 is 24.0 Å². The van der Waals surface area contributed by atoms with Gasteiger partial charge in [0.25, 0.3) is 0 Å². The average molecular weight is 486 g/mol. The van der Waals surface area contributed by atoms with Gasteiger partial charge in [-0.2, -0.15) is 0 Å². The predicted octanol–water partition coefficient (Wildman–Crippen LogP) is 5.31. The zero-order valence-corrected chi connectivity index (χ0v) is 19.8. The van der Waals surface area contributed by atoms with Crippen LogP contribution < -0.4 is 4.72 Å². The Kier molecular flexibility index (Phi) is 7.30. The van der Waals surface area contributed by atoms with E-state index in [2.05, 4.69) is 9.62 Å². The van der Waals surface area contributed by atoms with Crippen molar-refractivity contribution < 1.29 is 8.42 Å². The van der Waals surface area contributed by atoms with Crippen molar-refractivity contribution >= 4 is 50.4 Å². The summed E-state index contributed by atoms with van der Waals surface area (Å²) in [6.45, 7) is 0. The number of nitrogens with one attached hydrogen (secondary N) is 2. The molecule has 5 nitrogen and oxygen atoms in total. The standard InChI is InChI=1S/C21H24ClN3O2S2.ClH/c1-25-19(14-28(23)21(25)15-7-3-2-4-8-15)16-11-12-18(22)20(13-16)29(26,27)24-17-9-5-6-10-17;/h2-4,7-8,11-14,17,21,23-24H,5-6,9-10H2,1H3;1H. The third-order valence-electron chi connectivity index (χ3n) is 5.49. The molecule has 162 valence electrons. The molecule has 2 aromatic rings. The minimum absolute atomic E-state index is 0. The highest BCUT2D eigenvalue weighted by molar-refractivity contribution is 7.90. The monoisotopic (exact) mass is 485 g/mol. The van der Waals surface area contributed by atoms with Gasteiger partial charge in [-0.25, -0.2) is 13.1 Å². The Morgan fingerprint density at radius 3 is 2.47 bits per heavy atom. The summed E-state index contributed by atoms with van der Waals surface area (Å²) >= 11 is 6.27. The molecule has 30 heavy (non-hydrogen) atoms. The molecule has 0 radical (unpaired) electrons. The normalized spacial score (nSPS) is 22.1. The predicted molar refractivity (Wildman–Crippen MR) is 126 cm³/mol. The second kappa shape index (κ2) is 9.40. The molecule has 1 saturated carbocycles. The molecule has 2 aromatic carbocycles. The highest BCUT2D eigenvalue weighted by atomic mass is 35.5. The van der Waals surface area contributed by atoms with Crippen molar-refractivity contribution in [3.8, 4) is 0 Å². The smallest absolute Gasteiger partial charge is 0.242 e. The van der Waals surface area contributed by atoms with Gasteiger partial charge in [0.15, 0.2) is 0 Å². The molecule has 2 N–H and O–H groups in total. The summed E-state index contributed by atoms with van der Waals surface area (Å²) in [6.07, 6.45) is 3.83. The molecule has 9 heteroatoms. The second-order valence-corrected chi connectivity index (χ2v) is 11.0. The quantitative estimate of drug-likeness (QED) is 0.602. The first kappa shape index (κ1) is 23.3. The minimum Gasteiger partial charge on any atom is -0.357 e. The molecule has 1 aliphatic carbocycles. The van der Waals surface area contributed by atoms with Gasteiger partial charge < -0.3 is 4.90 Å². The number of nitrogens with zero attached hydrogens (tertiary/aromatic N) is 1. The van der Waals surface area contributed by atoms with Crippen molar-refractivity contribution in [1.29, 1.82) is 4.78 Å². The van der Waals surface area contributed by atoms with Crippen LogP contribution in [0.2, 0.25) is 5.02 Å². The Bertz CT molecular complexity index is 1070. The molecule has 4 rings (SSSR count). The number of rotatable bonds is 5. The maximum Gasteiger partial charge on any atom is 0.242 e. The zero-order valence-electron chi connectivity index (χ0n) is 16.5. The first-order chi connectivity index (χ1) is 13.9. The Labute approximate surface area is 191 Å². The molecule has 2 aliphatic rings. The van der Waals surface area contributed by atoms with Gasteiger partial charge in [0, 0.05) is 18.5 Å². The van der Waals surface area contributed by atoms with Crippen LogP contribution in [0.25, 0.3) is 5.70 Å². The van der Waals surface area contributed by atoms with Gasteiger partial charge in [-0.1, -0.05) is 71.5 Å². The molecule has 0 bridgehead atoms. The lowest BCUT2D eigenvalue weighted by atomic mass is 10.1. The largest absolute Gasteiger partial charge is 0.357 e. The molecule has 0 aromatic heterocycles. The summed E-state index contributed by atoms with van der Waals surface area (Å²) in [7, 11) is -2.49. The third kappa shape index (κ3) is 4.60. The van der Waals surface area contributed by atoms with Crippen molar-refractivity contribution in [2.24, 2.45) is 0 Å². The summed E-state index contributed by atoms with van der Waals surface area (Å²) in [6, 6.07) is 15.0. The Balaban J connectivity index is 0.00000256. The highest BCUT2D eigenvalue weighted by Gasteiger charge is 2.30. The van der Waals surface area contributed by atoms with E-state index in [4.69, 9.17) is 16.4 Å². The van der Waals surface area contributed by atoms with Crippen LogP contribution in [0.4, 0.5) is 0 Å². The molecule has 0 saturated heterocycles. The number of halogens is 2. The molecule has 2 unspecified atom stereocenters. The molecule has 1 aliphatic heterocycles. The van der Waals surface area contributed by atoms with Crippen molar-refractivity contribution in [2.45, 2.75) is 42.0 Å². The van der Waals surface area contributed by atoms with Gasteiger partial charge in [0.2, 0.25) is 10.0 Å². The van der Waals surface area contributed by atoms with E-state index in [0.29, 0.717) is 0 Å². The van der Waals surface area contributed by atoms with Gasteiger partial charge in [0.05, 0.1) is 10.7 Å². The van der Waals surface area contributed by atoms with Crippen LogP contribution in [0.15, 0.2) is 58.8 Å². The lowest BCUT2D eigenvalue weighted by Gasteiger charge is -2.26. The SMILES string of the molecule is CN1C(c2ccc(Cl)c(S(=O)(=O)NC3CCCC3)c2)=CS(=N)C1c1ccccc1.Cl. The second-order valence-electron chi connectivity index (χ2n) is 7.50. The average Bonchev–Trinajstić information content (AvgIpc) is 3.30. The number of hydrogen-bond donors (Lipinski definition) is 2. The van der Waals surface area contributed by atoms with Gasteiger partial charge in [-0.15, -0.1) is 12.4 Å². The first-order valence-electron chi connectivity index (χ1n) is 9.62. The number of sulfonamides is 1. The minimum atomic E-state index is -3.70. The van der Waals surface area contributed by atoms with E-state index < -0.39 is 20.7 Å².